The number of hydrogen-bond donors (Lipinski definition) is 2. The number of furan rings is 1. The molecule has 0 saturated carbocycles. The van der Waals surface area contributed by atoms with E-state index in [0.29, 0.717) is 12.2 Å². The number of aromatic amines is 1. The molecule has 0 atom stereocenters. The molecule has 17 heavy (non-hydrogen) atoms. The van der Waals surface area contributed by atoms with Crippen molar-refractivity contribution < 1.29 is 4.42 Å². The van der Waals surface area contributed by atoms with E-state index >= 15 is 0 Å². The zero-order valence-electron chi connectivity index (χ0n) is 9.01. The molecule has 3 N–H and O–H groups in total. The Morgan fingerprint density at radius 2 is 2.24 bits per heavy atom. The summed E-state index contributed by atoms with van der Waals surface area (Å²) in [6.07, 6.45) is 1.59. The van der Waals surface area contributed by atoms with Crippen molar-refractivity contribution in [1.82, 2.24) is 9.55 Å². The summed E-state index contributed by atoms with van der Waals surface area (Å²) >= 11 is 0. The van der Waals surface area contributed by atoms with Gasteiger partial charge in [0.05, 0.1) is 23.8 Å². The second kappa shape index (κ2) is 3.55. The lowest BCUT2D eigenvalue weighted by molar-refractivity contribution is 0.493. The largest absolute Gasteiger partial charge is 0.467 e. The first-order chi connectivity index (χ1) is 8.24. The van der Waals surface area contributed by atoms with Crippen LogP contribution in [0.4, 0.5) is 5.69 Å². The molecular weight excluding hydrogens is 218 g/mol. The van der Waals surface area contributed by atoms with Crippen LogP contribution in [0, 0.1) is 0 Å². The zero-order valence-corrected chi connectivity index (χ0v) is 9.01. The van der Waals surface area contributed by atoms with Crippen LogP contribution < -0.4 is 11.4 Å². The minimum absolute atomic E-state index is 0.165. The van der Waals surface area contributed by atoms with E-state index in [0.717, 1.165) is 16.8 Å². The van der Waals surface area contributed by atoms with Crippen LogP contribution in [0.5, 0.6) is 0 Å². The van der Waals surface area contributed by atoms with Crippen molar-refractivity contribution in [3.05, 3.63) is 52.8 Å². The Bertz CT molecular complexity index is 707. The predicted molar refractivity (Wildman–Crippen MR) is 64.8 cm³/mol. The Balaban J connectivity index is 2.16. The van der Waals surface area contributed by atoms with Crippen LogP contribution in [0.25, 0.3) is 11.0 Å². The number of H-pyrrole nitrogens is 1. The third-order valence-corrected chi connectivity index (χ3v) is 2.69. The molecule has 3 rings (SSSR count). The first-order valence-electron chi connectivity index (χ1n) is 5.24. The van der Waals surface area contributed by atoms with Crippen molar-refractivity contribution in [2.75, 3.05) is 5.73 Å². The standard InChI is InChI=1S/C12H11N3O2/c13-8-3-4-11-10(6-8)14-12(16)15(11)7-9-2-1-5-17-9/h1-6H,7,13H2,(H,14,16). The summed E-state index contributed by atoms with van der Waals surface area (Å²) in [7, 11) is 0. The van der Waals surface area contributed by atoms with Crippen LogP contribution in [0.3, 0.4) is 0 Å². The van der Waals surface area contributed by atoms with Crippen LogP contribution in [-0.4, -0.2) is 9.55 Å². The fourth-order valence-corrected chi connectivity index (χ4v) is 1.90. The number of rotatable bonds is 2. The van der Waals surface area contributed by atoms with E-state index in [1.165, 1.54) is 0 Å². The average Bonchev–Trinajstić information content (AvgIpc) is 2.88. The average molecular weight is 229 g/mol. The molecule has 5 heteroatoms. The molecule has 2 heterocycles. The summed E-state index contributed by atoms with van der Waals surface area (Å²) in [4.78, 5) is 14.6. The summed E-state index contributed by atoms with van der Waals surface area (Å²) in [5, 5.41) is 0. The van der Waals surface area contributed by atoms with Crippen LogP contribution in [0.2, 0.25) is 0 Å². The Morgan fingerprint density at radius 1 is 1.35 bits per heavy atom. The van der Waals surface area contributed by atoms with Gasteiger partial charge in [0.1, 0.15) is 5.76 Å². The number of anilines is 1. The summed E-state index contributed by atoms with van der Waals surface area (Å²) in [5.74, 6) is 0.741. The Hall–Kier alpha value is -2.43. The molecule has 5 nitrogen and oxygen atoms in total. The maximum absolute atomic E-state index is 11.8. The molecule has 0 spiro atoms. The molecule has 0 unspecified atom stereocenters. The van der Waals surface area contributed by atoms with Crippen molar-refractivity contribution in [3.8, 4) is 0 Å². The van der Waals surface area contributed by atoms with Gasteiger partial charge in [0.2, 0.25) is 0 Å². The molecule has 0 aliphatic rings. The predicted octanol–water partition coefficient (Wildman–Crippen LogP) is 1.55. The van der Waals surface area contributed by atoms with E-state index < -0.39 is 0 Å². The smallest absolute Gasteiger partial charge is 0.326 e. The molecule has 0 radical (unpaired) electrons. The van der Waals surface area contributed by atoms with Gasteiger partial charge in [0.25, 0.3) is 0 Å². The molecule has 86 valence electrons. The number of fused-ring (bicyclic) bond motifs is 1. The van der Waals surface area contributed by atoms with Gasteiger partial charge in [0.15, 0.2) is 0 Å². The number of benzene rings is 1. The lowest BCUT2D eigenvalue weighted by Gasteiger charge is -2.00. The quantitative estimate of drug-likeness (QED) is 0.654. The molecule has 0 saturated heterocycles. The van der Waals surface area contributed by atoms with Crippen molar-refractivity contribution in [2.24, 2.45) is 0 Å². The second-order valence-corrected chi connectivity index (χ2v) is 3.87. The van der Waals surface area contributed by atoms with Gasteiger partial charge in [0, 0.05) is 5.69 Å². The number of nitrogens with one attached hydrogen (secondary N) is 1. The first-order valence-corrected chi connectivity index (χ1v) is 5.24. The molecule has 1 aromatic carbocycles. The maximum atomic E-state index is 11.8. The molecule has 0 fully saturated rings. The SMILES string of the molecule is Nc1ccc2c(c1)[nH]c(=O)n2Cc1ccco1. The van der Waals surface area contributed by atoms with E-state index in [9.17, 15) is 4.79 Å². The lowest BCUT2D eigenvalue weighted by atomic mass is 10.3. The third-order valence-electron chi connectivity index (χ3n) is 2.69. The molecule has 3 aromatic rings. The molecule has 0 amide bonds. The minimum Gasteiger partial charge on any atom is -0.467 e. The summed E-state index contributed by atoms with van der Waals surface area (Å²) in [5.41, 5.74) is 7.69. The van der Waals surface area contributed by atoms with Crippen LogP contribution in [0.15, 0.2) is 45.8 Å². The highest BCUT2D eigenvalue weighted by molar-refractivity contribution is 5.78. The van der Waals surface area contributed by atoms with Crippen LogP contribution in [0.1, 0.15) is 5.76 Å². The highest BCUT2D eigenvalue weighted by Crippen LogP contribution is 2.15. The van der Waals surface area contributed by atoms with Gasteiger partial charge < -0.3 is 15.1 Å². The van der Waals surface area contributed by atoms with Gasteiger partial charge in [-0.1, -0.05) is 0 Å². The van der Waals surface area contributed by atoms with E-state index in [2.05, 4.69) is 4.98 Å². The highest BCUT2D eigenvalue weighted by atomic mass is 16.3. The zero-order chi connectivity index (χ0) is 11.8. The third kappa shape index (κ3) is 1.61. The summed E-state index contributed by atoms with van der Waals surface area (Å²) in [6, 6.07) is 8.98. The van der Waals surface area contributed by atoms with Crippen LogP contribution in [-0.2, 0) is 6.54 Å². The topological polar surface area (TPSA) is 77.0 Å². The number of hydrogen-bond acceptors (Lipinski definition) is 3. The van der Waals surface area contributed by atoms with Crippen molar-refractivity contribution in [1.29, 1.82) is 0 Å². The number of imidazole rings is 1. The molecule has 2 aromatic heterocycles. The minimum atomic E-state index is -0.165. The monoisotopic (exact) mass is 229 g/mol. The van der Waals surface area contributed by atoms with Crippen LogP contribution >= 0.6 is 0 Å². The number of nitrogens with zero attached hydrogens (tertiary/aromatic N) is 1. The van der Waals surface area contributed by atoms with Gasteiger partial charge in [-0.05, 0) is 30.3 Å². The maximum Gasteiger partial charge on any atom is 0.326 e. The van der Waals surface area contributed by atoms with Gasteiger partial charge in [-0.15, -0.1) is 0 Å². The Kier molecular flexibility index (Phi) is 2.04. The number of aromatic nitrogens is 2. The van der Waals surface area contributed by atoms with Crippen molar-refractivity contribution in [3.63, 3.8) is 0 Å². The Morgan fingerprint density at radius 3 is 3.00 bits per heavy atom. The number of nitrogens with two attached hydrogens (primary N) is 1. The van der Waals surface area contributed by atoms with E-state index in [1.54, 1.807) is 29.0 Å². The van der Waals surface area contributed by atoms with Gasteiger partial charge >= 0.3 is 5.69 Å². The summed E-state index contributed by atoms with van der Waals surface area (Å²) in [6.45, 7) is 0.412. The van der Waals surface area contributed by atoms with Gasteiger partial charge in [-0.2, -0.15) is 0 Å². The fraction of sp³-hybridized carbons (Fsp3) is 0.0833. The molecular formula is C12H11N3O2. The lowest BCUT2D eigenvalue weighted by Crippen LogP contribution is -2.16. The molecule has 0 aliphatic carbocycles. The Labute approximate surface area is 96.5 Å². The number of nitrogen functional groups attached to an aromatic ring is 1. The first kappa shape index (κ1) is 9.77. The van der Waals surface area contributed by atoms with E-state index in [-0.39, 0.29) is 5.69 Å². The molecule has 0 aliphatic heterocycles. The van der Waals surface area contributed by atoms with Gasteiger partial charge in [-0.3, -0.25) is 4.57 Å². The van der Waals surface area contributed by atoms with Crippen molar-refractivity contribution in [2.45, 2.75) is 6.54 Å². The van der Waals surface area contributed by atoms with E-state index in [4.69, 9.17) is 10.2 Å². The molecule has 0 bridgehead atoms. The normalized spacial score (nSPS) is 11.1. The fourth-order valence-electron chi connectivity index (χ4n) is 1.90. The van der Waals surface area contributed by atoms with Crippen molar-refractivity contribution >= 4 is 16.7 Å². The highest BCUT2D eigenvalue weighted by Gasteiger charge is 2.08. The van der Waals surface area contributed by atoms with E-state index in [1.807, 2.05) is 12.1 Å². The second-order valence-electron chi connectivity index (χ2n) is 3.87. The summed E-state index contributed by atoms with van der Waals surface area (Å²) < 4.78 is 6.85. The van der Waals surface area contributed by atoms with Gasteiger partial charge in [-0.25, -0.2) is 4.79 Å².